The van der Waals surface area contributed by atoms with Crippen LogP contribution < -0.4 is 10.1 Å². The van der Waals surface area contributed by atoms with Gasteiger partial charge in [0, 0.05) is 12.1 Å². The summed E-state index contributed by atoms with van der Waals surface area (Å²) >= 11 is 0. The number of hydrogen-bond donors (Lipinski definition) is 1. The van der Waals surface area contributed by atoms with Crippen LogP contribution in [-0.2, 0) is 11.3 Å². The number of aromatic nitrogens is 1. The predicted molar refractivity (Wildman–Crippen MR) is 65.0 cm³/mol. The van der Waals surface area contributed by atoms with Crippen LogP contribution >= 0.6 is 0 Å². The number of carbonyl (C=O) groups excluding carboxylic acids is 1. The maximum Gasteiger partial charge on any atom is 0.258 e. The Morgan fingerprint density at radius 3 is 3.00 bits per heavy atom. The van der Waals surface area contributed by atoms with Gasteiger partial charge < -0.3 is 14.6 Å². The monoisotopic (exact) mass is 264 g/mol. The van der Waals surface area contributed by atoms with Crippen LogP contribution in [0.3, 0.4) is 0 Å². The number of nitrogens with one attached hydrogen (secondary N) is 1. The summed E-state index contributed by atoms with van der Waals surface area (Å²) in [4.78, 5) is 11.5. The van der Waals surface area contributed by atoms with Crippen LogP contribution in [0.5, 0.6) is 5.75 Å². The van der Waals surface area contributed by atoms with E-state index < -0.39 is 5.82 Å². The van der Waals surface area contributed by atoms with Gasteiger partial charge >= 0.3 is 0 Å². The topological polar surface area (TPSA) is 64.4 Å². The molecule has 2 rings (SSSR count). The summed E-state index contributed by atoms with van der Waals surface area (Å²) in [5.74, 6) is 0.272. The first-order valence-electron chi connectivity index (χ1n) is 5.71. The molecule has 0 atom stereocenters. The molecule has 0 spiro atoms. The Morgan fingerprint density at radius 2 is 2.32 bits per heavy atom. The van der Waals surface area contributed by atoms with E-state index in [2.05, 4.69) is 10.5 Å². The lowest BCUT2D eigenvalue weighted by atomic mass is 10.3. The number of benzene rings is 1. The molecule has 0 aliphatic heterocycles. The third-order valence-electron chi connectivity index (χ3n) is 2.31. The molecule has 6 heteroatoms. The predicted octanol–water partition coefficient (Wildman–Crippen LogP) is 1.82. The van der Waals surface area contributed by atoms with Crippen molar-refractivity contribution in [2.45, 2.75) is 13.5 Å². The van der Waals surface area contributed by atoms with Crippen LogP contribution in [0.15, 0.2) is 34.9 Å². The van der Waals surface area contributed by atoms with Crippen LogP contribution in [0.4, 0.5) is 4.39 Å². The van der Waals surface area contributed by atoms with Gasteiger partial charge in [0.05, 0.1) is 6.54 Å². The number of aryl methyl sites for hydroxylation is 1. The summed E-state index contributed by atoms with van der Waals surface area (Å²) in [6, 6.07) is 7.35. The van der Waals surface area contributed by atoms with E-state index in [0.717, 1.165) is 0 Å². The van der Waals surface area contributed by atoms with E-state index >= 15 is 0 Å². The first kappa shape index (κ1) is 13.1. The molecule has 0 unspecified atom stereocenters. The number of halogens is 1. The molecular weight excluding hydrogens is 251 g/mol. The smallest absolute Gasteiger partial charge is 0.258 e. The Kier molecular flexibility index (Phi) is 4.12. The van der Waals surface area contributed by atoms with Gasteiger partial charge in [0.15, 0.2) is 6.61 Å². The molecule has 0 aliphatic rings. The molecule has 0 fully saturated rings. The summed E-state index contributed by atoms with van der Waals surface area (Å²) in [6.07, 6.45) is 0. The number of hydrogen-bond acceptors (Lipinski definition) is 4. The second-order valence-corrected chi connectivity index (χ2v) is 3.95. The van der Waals surface area contributed by atoms with E-state index in [9.17, 15) is 9.18 Å². The second-order valence-electron chi connectivity index (χ2n) is 3.95. The highest BCUT2D eigenvalue weighted by molar-refractivity contribution is 5.77. The second kappa shape index (κ2) is 5.99. The van der Waals surface area contributed by atoms with Crippen LogP contribution in [0.25, 0.3) is 0 Å². The quantitative estimate of drug-likeness (QED) is 0.894. The molecule has 2 aromatic rings. The van der Waals surface area contributed by atoms with Gasteiger partial charge in [0.1, 0.15) is 23.0 Å². The molecule has 1 aromatic carbocycles. The van der Waals surface area contributed by atoms with Gasteiger partial charge in [-0.3, -0.25) is 4.79 Å². The number of ether oxygens (including phenoxy) is 1. The van der Waals surface area contributed by atoms with Crippen molar-refractivity contribution in [1.82, 2.24) is 10.5 Å². The SMILES string of the molecule is Cc1cc(CNC(=O)COc2cccc(F)c2)no1. The van der Waals surface area contributed by atoms with Crippen molar-refractivity contribution in [2.75, 3.05) is 6.61 Å². The van der Waals surface area contributed by atoms with E-state index in [0.29, 0.717) is 17.2 Å². The lowest BCUT2D eigenvalue weighted by Gasteiger charge is -2.06. The van der Waals surface area contributed by atoms with Crippen LogP contribution in [0.2, 0.25) is 0 Å². The van der Waals surface area contributed by atoms with Gasteiger partial charge in [-0.15, -0.1) is 0 Å². The maximum atomic E-state index is 12.9. The Labute approximate surface area is 109 Å². The third-order valence-corrected chi connectivity index (χ3v) is 2.31. The summed E-state index contributed by atoms with van der Waals surface area (Å²) in [6.45, 7) is 1.86. The maximum absolute atomic E-state index is 12.9. The minimum atomic E-state index is -0.406. The molecule has 5 nitrogen and oxygen atoms in total. The van der Waals surface area contributed by atoms with Gasteiger partial charge in [0.25, 0.3) is 5.91 Å². The van der Waals surface area contributed by atoms with Gasteiger partial charge in [-0.05, 0) is 19.1 Å². The number of rotatable bonds is 5. The number of amides is 1. The van der Waals surface area contributed by atoms with Crippen molar-refractivity contribution in [3.63, 3.8) is 0 Å². The van der Waals surface area contributed by atoms with E-state index in [-0.39, 0.29) is 19.1 Å². The van der Waals surface area contributed by atoms with E-state index in [4.69, 9.17) is 9.26 Å². The normalized spacial score (nSPS) is 10.2. The van der Waals surface area contributed by atoms with Crippen molar-refractivity contribution in [2.24, 2.45) is 0 Å². The standard InChI is InChI=1S/C13H13FN2O3/c1-9-5-11(16-19-9)7-15-13(17)8-18-12-4-2-3-10(14)6-12/h2-6H,7-8H2,1H3,(H,15,17). The van der Waals surface area contributed by atoms with Crippen molar-refractivity contribution in [3.05, 3.63) is 47.6 Å². The van der Waals surface area contributed by atoms with E-state index in [1.165, 1.54) is 18.2 Å². The minimum Gasteiger partial charge on any atom is -0.484 e. The highest BCUT2D eigenvalue weighted by atomic mass is 19.1. The van der Waals surface area contributed by atoms with Crippen LogP contribution in [0, 0.1) is 12.7 Å². The Morgan fingerprint density at radius 1 is 1.47 bits per heavy atom. The molecule has 0 aliphatic carbocycles. The van der Waals surface area contributed by atoms with E-state index in [1.54, 1.807) is 19.1 Å². The van der Waals surface area contributed by atoms with Crippen molar-refractivity contribution in [1.29, 1.82) is 0 Å². The highest BCUT2D eigenvalue weighted by Gasteiger charge is 2.05. The lowest BCUT2D eigenvalue weighted by Crippen LogP contribution is -2.28. The minimum absolute atomic E-state index is 0.180. The zero-order chi connectivity index (χ0) is 13.7. The third kappa shape index (κ3) is 4.09. The van der Waals surface area contributed by atoms with Crippen molar-refractivity contribution < 1.29 is 18.4 Å². The van der Waals surface area contributed by atoms with Gasteiger partial charge in [-0.1, -0.05) is 11.2 Å². The fourth-order valence-corrected chi connectivity index (χ4v) is 1.45. The molecule has 0 saturated carbocycles. The molecule has 0 bridgehead atoms. The summed E-state index contributed by atoms with van der Waals surface area (Å²) < 4.78 is 22.9. The largest absolute Gasteiger partial charge is 0.484 e. The lowest BCUT2D eigenvalue weighted by molar-refractivity contribution is -0.123. The van der Waals surface area contributed by atoms with E-state index in [1.807, 2.05) is 0 Å². The highest BCUT2D eigenvalue weighted by Crippen LogP contribution is 2.11. The first-order chi connectivity index (χ1) is 9.13. The Hall–Kier alpha value is -2.37. The fraction of sp³-hybridized carbons (Fsp3) is 0.231. The number of carbonyl (C=O) groups is 1. The molecular formula is C13H13FN2O3. The van der Waals surface area contributed by atoms with Crippen LogP contribution in [0.1, 0.15) is 11.5 Å². The summed E-state index contributed by atoms with van der Waals surface area (Å²) in [5.41, 5.74) is 0.636. The molecule has 1 N–H and O–H groups in total. The van der Waals surface area contributed by atoms with Gasteiger partial charge in [-0.25, -0.2) is 4.39 Å². The molecule has 1 amide bonds. The zero-order valence-corrected chi connectivity index (χ0v) is 10.4. The Bertz CT molecular complexity index is 569. The molecule has 100 valence electrons. The first-order valence-corrected chi connectivity index (χ1v) is 5.71. The van der Waals surface area contributed by atoms with Gasteiger partial charge in [0.2, 0.25) is 0 Å². The average Bonchev–Trinajstić information content (AvgIpc) is 2.80. The van der Waals surface area contributed by atoms with Crippen molar-refractivity contribution in [3.8, 4) is 5.75 Å². The summed E-state index contributed by atoms with van der Waals surface area (Å²) in [5, 5.41) is 6.35. The number of nitrogens with zero attached hydrogens (tertiary/aromatic N) is 1. The fourth-order valence-electron chi connectivity index (χ4n) is 1.45. The Balaban J connectivity index is 1.75. The molecule has 0 saturated heterocycles. The van der Waals surface area contributed by atoms with Gasteiger partial charge in [-0.2, -0.15) is 0 Å². The molecule has 1 heterocycles. The average molecular weight is 264 g/mol. The molecule has 1 aromatic heterocycles. The van der Waals surface area contributed by atoms with Crippen LogP contribution in [-0.4, -0.2) is 17.7 Å². The van der Waals surface area contributed by atoms with Crippen molar-refractivity contribution >= 4 is 5.91 Å². The summed E-state index contributed by atoms with van der Waals surface area (Å²) in [7, 11) is 0. The molecule has 19 heavy (non-hydrogen) atoms. The molecule has 0 radical (unpaired) electrons. The zero-order valence-electron chi connectivity index (χ0n) is 10.4.